The Kier molecular flexibility index (Phi) is 6.58. The van der Waals surface area contributed by atoms with Crippen molar-refractivity contribution in [1.82, 2.24) is 4.98 Å². The van der Waals surface area contributed by atoms with Crippen LogP contribution in [-0.2, 0) is 9.59 Å². The molecule has 2 atom stereocenters. The van der Waals surface area contributed by atoms with Crippen LogP contribution >= 0.6 is 0 Å². The molecule has 1 N–H and O–H groups in total. The summed E-state index contributed by atoms with van der Waals surface area (Å²) in [5.41, 5.74) is 3.21. The lowest BCUT2D eigenvalue weighted by Gasteiger charge is -2.41. The van der Waals surface area contributed by atoms with E-state index in [1.54, 1.807) is 30.3 Å². The normalized spacial score (nSPS) is 18.0. The Morgan fingerprint density at radius 3 is 2.45 bits per heavy atom. The lowest BCUT2D eigenvalue weighted by molar-refractivity contribution is -0.125. The van der Waals surface area contributed by atoms with Crippen LogP contribution in [0.25, 0.3) is 0 Å². The van der Waals surface area contributed by atoms with Gasteiger partial charge in [0, 0.05) is 23.7 Å². The van der Waals surface area contributed by atoms with Crippen LogP contribution in [0.3, 0.4) is 0 Å². The number of nitrogens with zero attached hydrogens (tertiary/aromatic N) is 2. The number of nitrogens with one attached hydrogen (secondary N) is 1. The Balaban J connectivity index is 1.74. The van der Waals surface area contributed by atoms with E-state index in [0.29, 0.717) is 23.7 Å². The summed E-state index contributed by atoms with van der Waals surface area (Å²) in [5, 5.41) is 2.96. The van der Waals surface area contributed by atoms with Crippen molar-refractivity contribution in [2.24, 2.45) is 5.92 Å². The molecule has 0 radical (unpaired) electrons. The number of pyridine rings is 1. The second-order valence-corrected chi connectivity index (χ2v) is 8.01. The third-order valence-corrected chi connectivity index (χ3v) is 5.92. The molecule has 2 amide bonds. The van der Waals surface area contributed by atoms with Gasteiger partial charge in [0.15, 0.2) is 0 Å². The van der Waals surface area contributed by atoms with E-state index >= 15 is 0 Å². The van der Waals surface area contributed by atoms with Crippen molar-refractivity contribution in [3.8, 4) is 11.6 Å². The molecule has 33 heavy (non-hydrogen) atoms. The van der Waals surface area contributed by atoms with Gasteiger partial charge in [-0.25, -0.2) is 4.98 Å². The topological polar surface area (TPSA) is 80.8 Å². The van der Waals surface area contributed by atoms with Crippen molar-refractivity contribution in [2.45, 2.75) is 25.8 Å². The quantitative estimate of drug-likeness (QED) is 0.603. The highest BCUT2D eigenvalue weighted by molar-refractivity contribution is 6.00. The molecule has 0 spiro atoms. The number of carbonyl (C=O) groups excluding carboxylic acids is 2. The number of hydrogen-bond acceptors (Lipinski definition) is 5. The van der Waals surface area contributed by atoms with Crippen LogP contribution in [0.5, 0.6) is 11.6 Å². The molecule has 0 bridgehead atoms. The van der Waals surface area contributed by atoms with Gasteiger partial charge in [-0.3, -0.25) is 9.59 Å². The molecule has 1 aromatic heterocycles. The van der Waals surface area contributed by atoms with Crippen molar-refractivity contribution < 1.29 is 19.1 Å². The lowest BCUT2D eigenvalue weighted by atomic mass is 9.82. The Bertz CT molecular complexity index is 1130. The molecule has 2 heterocycles. The Morgan fingerprint density at radius 1 is 1.03 bits per heavy atom. The van der Waals surface area contributed by atoms with Gasteiger partial charge in [0.05, 0.1) is 38.1 Å². The van der Waals surface area contributed by atoms with Crippen molar-refractivity contribution >= 4 is 23.2 Å². The first-order valence-corrected chi connectivity index (χ1v) is 10.8. The van der Waals surface area contributed by atoms with E-state index in [1.807, 2.05) is 55.5 Å². The molecule has 3 aromatic rings. The molecule has 170 valence electrons. The second-order valence-electron chi connectivity index (χ2n) is 8.01. The average molecular weight is 446 g/mol. The smallest absolute Gasteiger partial charge is 0.229 e. The van der Waals surface area contributed by atoms with Gasteiger partial charge in [-0.05, 0) is 37.6 Å². The third kappa shape index (κ3) is 4.67. The van der Waals surface area contributed by atoms with Gasteiger partial charge in [0.2, 0.25) is 17.7 Å². The molecule has 7 nitrogen and oxygen atoms in total. The summed E-state index contributed by atoms with van der Waals surface area (Å²) in [5.74, 6) is 0.418. The van der Waals surface area contributed by atoms with Gasteiger partial charge < -0.3 is 19.7 Å². The fourth-order valence-electron chi connectivity index (χ4n) is 4.25. The highest BCUT2D eigenvalue weighted by Crippen LogP contribution is 2.43. The van der Waals surface area contributed by atoms with Crippen molar-refractivity contribution in [3.63, 3.8) is 0 Å². The van der Waals surface area contributed by atoms with E-state index in [-0.39, 0.29) is 18.2 Å². The molecule has 2 unspecified atom stereocenters. The first-order chi connectivity index (χ1) is 16.0. The summed E-state index contributed by atoms with van der Waals surface area (Å²) in [6, 6.07) is 18.2. The SMILES string of the molecule is COc1ccc(NC(=O)C2CCC(=O)N(c3ccc(C)cc3)C2c2ccccc2OC)cn1. The van der Waals surface area contributed by atoms with Gasteiger partial charge in [-0.15, -0.1) is 0 Å². The fourth-order valence-corrected chi connectivity index (χ4v) is 4.25. The van der Waals surface area contributed by atoms with Crippen LogP contribution < -0.4 is 19.7 Å². The summed E-state index contributed by atoms with van der Waals surface area (Å²) < 4.78 is 10.7. The molecule has 7 heteroatoms. The molecular formula is C26H27N3O4. The number of aromatic nitrogens is 1. The maximum Gasteiger partial charge on any atom is 0.229 e. The van der Waals surface area contributed by atoms with Gasteiger partial charge in [-0.1, -0.05) is 35.9 Å². The Morgan fingerprint density at radius 2 is 1.79 bits per heavy atom. The van der Waals surface area contributed by atoms with Gasteiger partial charge in [0.25, 0.3) is 0 Å². The van der Waals surface area contributed by atoms with E-state index in [9.17, 15) is 9.59 Å². The van der Waals surface area contributed by atoms with Crippen LogP contribution in [0, 0.1) is 12.8 Å². The van der Waals surface area contributed by atoms with Crippen molar-refractivity contribution in [3.05, 3.63) is 78.0 Å². The third-order valence-electron chi connectivity index (χ3n) is 5.92. The maximum absolute atomic E-state index is 13.5. The molecular weight excluding hydrogens is 418 g/mol. The predicted octanol–water partition coefficient (Wildman–Crippen LogP) is 4.53. The minimum Gasteiger partial charge on any atom is -0.496 e. The monoisotopic (exact) mass is 445 g/mol. The largest absolute Gasteiger partial charge is 0.496 e. The number of rotatable bonds is 6. The number of hydrogen-bond donors (Lipinski definition) is 1. The number of piperidine rings is 1. The zero-order chi connectivity index (χ0) is 23.4. The first-order valence-electron chi connectivity index (χ1n) is 10.8. The summed E-state index contributed by atoms with van der Waals surface area (Å²) in [6.45, 7) is 2.00. The number of aryl methyl sites for hydroxylation is 1. The number of benzene rings is 2. The summed E-state index contributed by atoms with van der Waals surface area (Å²) in [6.07, 6.45) is 2.26. The molecule has 4 rings (SSSR count). The zero-order valence-corrected chi connectivity index (χ0v) is 18.9. The van der Waals surface area contributed by atoms with E-state index < -0.39 is 12.0 Å². The van der Waals surface area contributed by atoms with Crippen LogP contribution in [0.1, 0.15) is 30.0 Å². The molecule has 0 aliphatic carbocycles. The molecule has 1 saturated heterocycles. The number of amides is 2. The standard InChI is InChI=1S/C26H27N3O4/c1-17-8-11-19(12-9-17)29-24(30)15-13-21(25(29)20-6-4-5-7-22(20)32-2)26(31)28-18-10-14-23(33-3)27-16-18/h4-12,14,16,21,25H,13,15H2,1-3H3,(H,28,31). The van der Waals surface area contributed by atoms with E-state index in [0.717, 1.165) is 16.8 Å². The van der Waals surface area contributed by atoms with Gasteiger partial charge >= 0.3 is 0 Å². The first kappa shape index (κ1) is 22.3. The molecule has 2 aromatic carbocycles. The number of para-hydroxylation sites is 1. The van der Waals surface area contributed by atoms with Crippen LogP contribution in [0.15, 0.2) is 66.9 Å². The molecule has 1 aliphatic rings. The average Bonchev–Trinajstić information content (AvgIpc) is 2.85. The number of ether oxygens (including phenoxy) is 2. The number of carbonyl (C=O) groups is 2. The minimum atomic E-state index is -0.517. The highest BCUT2D eigenvalue weighted by Gasteiger charge is 2.42. The van der Waals surface area contributed by atoms with Crippen molar-refractivity contribution in [2.75, 3.05) is 24.4 Å². The van der Waals surface area contributed by atoms with Crippen LogP contribution in [0.4, 0.5) is 11.4 Å². The van der Waals surface area contributed by atoms with E-state index in [1.165, 1.54) is 7.11 Å². The van der Waals surface area contributed by atoms with Crippen LogP contribution in [-0.4, -0.2) is 31.0 Å². The number of methoxy groups -OCH3 is 2. The van der Waals surface area contributed by atoms with E-state index in [4.69, 9.17) is 9.47 Å². The predicted molar refractivity (Wildman–Crippen MR) is 127 cm³/mol. The molecule has 1 aliphatic heterocycles. The highest BCUT2D eigenvalue weighted by atomic mass is 16.5. The lowest BCUT2D eigenvalue weighted by Crippen LogP contribution is -2.47. The second kappa shape index (κ2) is 9.73. The maximum atomic E-state index is 13.5. The van der Waals surface area contributed by atoms with Crippen LogP contribution in [0.2, 0.25) is 0 Å². The summed E-state index contributed by atoms with van der Waals surface area (Å²) >= 11 is 0. The Labute approximate surface area is 193 Å². The van der Waals surface area contributed by atoms with Gasteiger partial charge in [-0.2, -0.15) is 0 Å². The fraction of sp³-hybridized carbons (Fsp3) is 0.269. The number of anilines is 2. The summed E-state index contributed by atoms with van der Waals surface area (Å²) in [7, 11) is 3.13. The minimum absolute atomic E-state index is 0.0232. The Hall–Kier alpha value is -3.87. The molecule has 0 saturated carbocycles. The van der Waals surface area contributed by atoms with E-state index in [2.05, 4.69) is 10.3 Å². The molecule has 1 fully saturated rings. The van der Waals surface area contributed by atoms with Gasteiger partial charge in [0.1, 0.15) is 5.75 Å². The summed E-state index contributed by atoms with van der Waals surface area (Å²) in [4.78, 5) is 32.6. The van der Waals surface area contributed by atoms with Crippen molar-refractivity contribution in [1.29, 1.82) is 0 Å². The zero-order valence-electron chi connectivity index (χ0n) is 18.9.